The number of benzene rings is 2. The average Bonchev–Trinajstić information content (AvgIpc) is 2.89. The largest absolute Gasteiger partial charge is 0.400 e. The fraction of sp³-hybridized carbons (Fsp3) is 0.552. The number of carbonyl (C=O) groups is 1. The highest BCUT2D eigenvalue weighted by Gasteiger charge is 2.14. The second-order valence-electron chi connectivity index (χ2n) is 8.00. The lowest BCUT2D eigenvalue weighted by Crippen LogP contribution is -2.32. The first kappa shape index (κ1) is 33.2. The van der Waals surface area contributed by atoms with Crippen molar-refractivity contribution in [2.45, 2.75) is 74.8 Å². The van der Waals surface area contributed by atoms with Crippen LogP contribution in [0.1, 0.15) is 64.8 Å². The molecule has 0 amide bonds. The van der Waals surface area contributed by atoms with E-state index in [9.17, 15) is 0 Å². The van der Waals surface area contributed by atoms with Gasteiger partial charge in [0.25, 0.3) is 0 Å². The van der Waals surface area contributed by atoms with Gasteiger partial charge >= 0.3 is 0 Å². The topological polar surface area (TPSA) is 52.6 Å². The SMILES string of the molecule is C=O.CC.CNCCCN1CCc2ccccc2C1.CO.Cc1c(C)c(C)c(C)c(C)c1C. The molecule has 1 heterocycles. The van der Waals surface area contributed by atoms with Gasteiger partial charge in [-0.2, -0.15) is 0 Å². The Bertz CT molecular complexity index is 682. The van der Waals surface area contributed by atoms with E-state index < -0.39 is 0 Å². The van der Waals surface area contributed by atoms with Crippen molar-refractivity contribution in [2.75, 3.05) is 33.8 Å². The standard InChI is InChI=1S/C13H20N2.C12H18.C2H6.CH4O.CH2O/c1-14-8-4-9-15-10-7-12-5-2-3-6-13(12)11-15;1-7-8(2)10(4)12(6)11(5)9(7)3;3*1-2/h2-3,5-6,14H,4,7-11H2,1H3;1-6H3;1-2H3;2H,1H3;1H2. The molecule has 0 atom stereocenters. The smallest absolute Gasteiger partial charge is 0.106 e. The van der Waals surface area contributed by atoms with Crippen LogP contribution in [0.25, 0.3) is 0 Å². The zero-order valence-corrected chi connectivity index (χ0v) is 23.1. The van der Waals surface area contributed by atoms with E-state index in [1.807, 2.05) is 27.7 Å². The predicted octanol–water partition coefficient (Wildman–Crippen LogP) is 5.64. The summed E-state index contributed by atoms with van der Waals surface area (Å²) in [7, 11) is 3.02. The highest BCUT2D eigenvalue weighted by atomic mass is 16.2. The summed E-state index contributed by atoms with van der Waals surface area (Å²) in [4.78, 5) is 10.6. The van der Waals surface area contributed by atoms with Gasteiger partial charge in [-0.25, -0.2) is 0 Å². The Balaban J connectivity index is 0. The van der Waals surface area contributed by atoms with Gasteiger partial charge in [-0.05, 0) is 119 Å². The van der Waals surface area contributed by atoms with Crippen molar-refractivity contribution in [3.63, 3.8) is 0 Å². The molecule has 1 aliphatic heterocycles. The summed E-state index contributed by atoms with van der Waals surface area (Å²) in [6.07, 6.45) is 2.47. The number of rotatable bonds is 4. The van der Waals surface area contributed by atoms with E-state index >= 15 is 0 Å². The number of hydrogen-bond donors (Lipinski definition) is 2. The summed E-state index contributed by atoms with van der Waals surface area (Å²) in [5.41, 5.74) is 11.8. The number of nitrogens with one attached hydrogen (secondary N) is 1. The molecule has 188 valence electrons. The maximum atomic E-state index is 8.00. The molecule has 0 fully saturated rings. The van der Waals surface area contributed by atoms with Crippen LogP contribution < -0.4 is 5.32 Å². The molecule has 0 aliphatic carbocycles. The summed E-state index contributed by atoms with van der Waals surface area (Å²) >= 11 is 0. The van der Waals surface area contributed by atoms with Crippen molar-refractivity contribution in [3.05, 3.63) is 68.8 Å². The van der Waals surface area contributed by atoms with Gasteiger partial charge in [0.2, 0.25) is 0 Å². The second-order valence-corrected chi connectivity index (χ2v) is 8.00. The first-order chi connectivity index (χ1) is 15.9. The number of aliphatic hydroxyl groups excluding tert-OH is 1. The Morgan fingerprint density at radius 3 is 1.61 bits per heavy atom. The zero-order valence-electron chi connectivity index (χ0n) is 23.1. The van der Waals surface area contributed by atoms with E-state index in [0.29, 0.717) is 0 Å². The van der Waals surface area contributed by atoms with Crippen molar-refractivity contribution >= 4 is 6.79 Å². The van der Waals surface area contributed by atoms with Crippen molar-refractivity contribution in [1.82, 2.24) is 10.2 Å². The van der Waals surface area contributed by atoms with Crippen molar-refractivity contribution in [3.8, 4) is 0 Å². The zero-order chi connectivity index (χ0) is 26.0. The van der Waals surface area contributed by atoms with E-state index in [1.54, 1.807) is 5.56 Å². The predicted molar refractivity (Wildman–Crippen MR) is 145 cm³/mol. The molecule has 2 aromatic rings. The third kappa shape index (κ3) is 10.6. The van der Waals surface area contributed by atoms with Crippen molar-refractivity contribution in [2.24, 2.45) is 0 Å². The molecule has 4 nitrogen and oxygen atoms in total. The molecule has 0 unspecified atom stereocenters. The van der Waals surface area contributed by atoms with Crippen LogP contribution in [0.5, 0.6) is 0 Å². The minimum atomic E-state index is 1.00. The molecule has 2 aromatic carbocycles. The van der Waals surface area contributed by atoms with Gasteiger partial charge in [0, 0.05) is 20.2 Å². The third-order valence-corrected chi connectivity index (χ3v) is 6.49. The maximum Gasteiger partial charge on any atom is 0.106 e. The summed E-state index contributed by atoms with van der Waals surface area (Å²) in [5.74, 6) is 0. The number of fused-ring (bicyclic) bond motifs is 1. The van der Waals surface area contributed by atoms with Crippen LogP contribution in [0.15, 0.2) is 24.3 Å². The summed E-state index contributed by atoms with van der Waals surface area (Å²) in [6, 6.07) is 8.82. The fourth-order valence-electron chi connectivity index (χ4n) is 3.91. The molecule has 4 heteroatoms. The second kappa shape index (κ2) is 19.5. The van der Waals surface area contributed by atoms with E-state index in [0.717, 1.165) is 20.2 Å². The van der Waals surface area contributed by atoms with Gasteiger partial charge in [0.1, 0.15) is 6.79 Å². The Hall–Kier alpha value is -2.01. The van der Waals surface area contributed by atoms with Crippen molar-refractivity contribution in [1.29, 1.82) is 0 Å². The van der Waals surface area contributed by atoms with Gasteiger partial charge in [-0.3, -0.25) is 4.90 Å². The quantitative estimate of drug-likeness (QED) is 0.582. The van der Waals surface area contributed by atoms with Crippen molar-refractivity contribution < 1.29 is 9.90 Å². The van der Waals surface area contributed by atoms with Gasteiger partial charge in [-0.15, -0.1) is 0 Å². The molecule has 0 saturated heterocycles. The first-order valence-electron chi connectivity index (χ1n) is 12.1. The summed E-state index contributed by atoms with van der Waals surface area (Å²) in [5, 5.41) is 10.2. The summed E-state index contributed by atoms with van der Waals surface area (Å²) < 4.78 is 0. The Morgan fingerprint density at radius 2 is 1.21 bits per heavy atom. The van der Waals surface area contributed by atoms with Crippen LogP contribution in [0.4, 0.5) is 0 Å². The molecule has 0 aromatic heterocycles. The molecule has 0 radical (unpaired) electrons. The minimum absolute atomic E-state index is 1.00. The number of aliphatic hydroxyl groups is 1. The average molecular weight is 459 g/mol. The van der Waals surface area contributed by atoms with Crippen LogP contribution in [0.3, 0.4) is 0 Å². The van der Waals surface area contributed by atoms with Gasteiger partial charge in [-0.1, -0.05) is 38.1 Å². The molecule has 0 spiro atoms. The van der Waals surface area contributed by atoms with E-state index in [-0.39, 0.29) is 0 Å². The van der Waals surface area contributed by atoms with Gasteiger partial charge in [0.05, 0.1) is 0 Å². The lowest BCUT2D eigenvalue weighted by molar-refractivity contribution is -0.0979. The molecular weight excluding hydrogens is 408 g/mol. The highest BCUT2D eigenvalue weighted by Crippen LogP contribution is 2.24. The fourth-order valence-corrected chi connectivity index (χ4v) is 3.91. The Labute approximate surface area is 204 Å². The van der Waals surface area contributed by atoms with E-state index in [2.05, 4.69) is 76.0 Å². The molecule has 0 bridgehead atoms. The van der Waals surface area contributed by atoms with Crippen LogP contribution in [0.2, 0.25) is 0 Å². The number of hydrogen-bond acceptors (Lipinski definition) is 4. The number of carbonyl (C=O) groups excluding carboxylic acids is 1. The minimum Gasteiger partial charge on any atom is -0.400 e. The molecular formula is C29H50N2O2. The van der Waals surface area contributed by atoms with E-state index in [4.69, 9.17) is 9.90 Å². The van der Waals surface area contributed by atoms with Gasteiger partial charge < -0.3 is 15.2 Å². The monoisotopic (exact) mass is 458 g/mol. The maximum absolute atomic E-state index is 8.00. The van der Waals surface area contributed by atoms with Crippen LogP contribution >= 0.6 is 0 Å². The van der Waals surface area contributed by atoms with Crippen LogP contribution in [-0.2, 0) is 17.8 Å². The third-order valence-electron chi connectivity index (χ3n) is 6.49. The Morgan fingerprint density at radius 1 is 0.818 bits per heavy atom. The molecule has 1 aliphatic rings. The normalized spacial score (nSPS) is 11.7. The molecule has 0 saturated carbocycles. The molecule has 33 heavy (non-hydrogen) atoms. The van der Waals surface area contributed by atoms with Crippen LogP contribution in [-0.4, -0.2) is 50.6 Å². The highest BCUT2D eigenvalue weighted by molar-refractivity contribution is 5.48. The van der Waals surface area contributed by atoms with Gasteiger partial charge in [0.15, 0.2) is 0 Å². The number of nitrogens with zero attached hydrogens (tertiary/aromatic N) is 1. The molecule has 3 rings (SSSR count). The van der Waals surface area contributed by atoms with Crippen LogP contribution in [0, 0.1) is 41.5 Å². The Kier molecular flexibility index (Phi) is 19.6. The molecule has 2 N–H and O–H groups in total. The first-order valence-corrected chi connectivity index (χ1v) is 12.1. The lowest BCUT2D eigenvalue weighted by Gasteiger charge is -2.28. The lowest BCUT2D eigenvalue weighted by atomic mass is 9.90. The summed E-state index contributed by atoms with van der Waals surface area (Å²) in [6.45, 7) is 24.0. The van der Waals surface area contributed by atoms with E-state index in [1.165, 1.54) is 64.9 Å².